The number of carbonyl (C=O) groups is 3. The van der Waals surface area contributed by atoms with Gasteiger partial charge in [0.2, 0.25) is 5.91 Å². The maximum Gasteiger partial charge on any atom is 0.263 e. The predicted octanol–water partition coefficient (Wildman–Crippen LogP) is 2.25. The smallest absolute Gasteiger partial charge is 0.263 e. The van der Waals surface area contributed by atoms with E-state index in [4.69, 9.17) is 0 Å². The van der Waals surface area contributed by atoms with Crippen LogP contribution in [-0.4, -0.2) is 47.4 Å². The number of amides is 1. The van der Waals surface area contributed by atoms with Crippen LogP contribution in [0, 0.1) is 0 Å². The molecule has 8 nitrogen and oxygen atoms in total. The van der Waals surface area contributed by atoms with Crippen molar-refractivity contribution in [1.82, 2.24) is 9.88 Å². The van der Waals surface area contributed by atoms with E-state index < -0.39 is 10.0 Å². The molecule has 30 heavy (non-hydrogen) atoms. The van der Waals surface area contributed by atoms with Crippen LogP contribution in [0.4, 0.5) is 5.69 Å². The van der Waals surface area contributed by atoms with Crippen molar-refractivity contribution in [3.05, 3.63) is 53.3 Å². The number of ketones is 1. The highest BCUT2D eigenvalue weighted by molar-refractivity contribution is 8.14. The zero-order valence-corrected chi connectivity index (χ0v) is 18.2. The Bertz CT molecular complexity index is 1120. The van der Waals surface area contributed by atoms with Gasteiger partial charge in [0.05, 0.1) is 5.75 Å². The van der Waals surface area contributed by atoms with Crippen LogP contribution in [0.25, 0.3) is 0 Å². The Kier molecular flexibility index (Phi) is 6.57. The molecule has 1 amide bonds. The average molecular weight is 448 g/mol. The van der Waals surface area contributed by atoms with Gasteiger partial charge in [0.1, 0.15) is 4.90 Å². The number of rotatable bonds is 6. The molecule has 1 aliphatic heterocycles. The van der Waals surface area contributed by atoms with Crippen molar-refractivity contribution in [3.63, 3.8) is 0 Å². The van der Waals surface area contributed by atoms with E-state index >= 15 is 0 Å². The SMILES string of the molecule is CC(=O)SCC(=O)c1cccc(NS(=O)(=O)c2cnc3c(c2)CN(C(C)=O)CC3)c1. The number of hydrogen-bond acceptors (Lipinski definition) is 7. The summed E-state index contributed by atoms with van der Waals surface area (Å²) < 4.78 is 28.1. The Morgan fingerprint density at radius 1 is 1.20 bits per heavy atom. The summed E-state index contributed by atoms with van der Waals surface area (Å²) in [5.74, 6) is -0.347. The maximum absolute atomic E-state index is 12.8. The minimum atomic E-state index is -3.94. The summed E-state index contributed by atoms with van der Waals surface area (Å²) in [6, 6.07) is 7.63. The summed E-state index contributed by atoms with van der Waals surface area (Å²) in [5.41, 5.74) is 2.02. The van der Waals surface area contributed by atoms with Crippen LogP contribution in [0.15, 0.2) is 41.4 Å². The molecule has 0 bridgehead atoms. The quantitative estimate of drug-likeness (QED) is 0.676. The maximum atomic E-state index is 12.8. The number of sulfonamides is 1. The number of hydrogen-bond donors (Lipinski definition) is 1. The molecule has 0 spiro atoms. The number of carbonyl (C=O) groups excluding carboxylic acids is 3. The molecule has 1 aromatic heterocycles. The zero-order chi connectivity index (χ0) is 21.9. The van der Waals surface area contributed by atoms with Crippen molar-refractivity contribution in [3.8, 4) is 0 Å². The molecule has 0 atom stereocenters. The van der Waals surface area contributed by atoms with E-state index in [9.17, 15) is 22.8 Å². The molecular formula is C20H21N3O5S2. The largest absolute Gasteiger partial charge is 0.338 e. The average Bonchev–Trinajstić information content (AvgIpc) is 2.70. The van der Waals surface area contributed by atoms with Crippen molar-refractivity contribution < 1.29 is 22.8 Å². The molecular weight excluding hydrogens is 426 g/mol. The van der Waals surface area contributed by atoms with Gasteiger partial charge in [-0.25, -0.2) is 8.42 Å². The van der Waals surface area contributed by atoms with Gasteiger partial charge in [-0.05, 0) is 23.8 Å². The first-order chi connectivity index (χ1) is 14.2. The third kappa shape index (κ3) is 5.25. The van der Waals surface area contributed by atoms with E-state index in [1.165, 1.54) is 38.2 Å². The second kappa shape index (κ2) is 8.97. The molecule has 0 saturated carbocycles. The Labute approximate surface area is 179 Å². The highest BCUT2D eigenvalue weighted by atomic mass is 32.2. The fourth-order valence-corrected chi connectivity index (χ4v) is 4.59. The van der Waals surface area contributed by atoms with Crippen molar-refractivity contribution in [2.75, 3.05) is 17.0 Å². The highest BCUT2D eigenvalue weighted by Crippen LogP contribution is 2.23. The number of nitrogens with one attached hydrogen (secondary N) is 1. The number of Topliss-reactive ketones (excluding diaryl/α,β-unsaturated/α-hetero) is 1. The van der Waals surface area contributed by atoms with Crippen LogP contribution >= 0.6 is 11.8 Å². The van der Waals surface area contributed by atoms with Crippen molar-refractivity contribution in [1.29, 1.82) is 0 Å². The van der Waals surface area contributed by atoms with Gasteiger partial charge in [0.15, 0.2) is 10.9 Å². The number of nitrogens with zero attached hydrogens (tertiary/aromatic N) is 2. The van der Waals surface area contributed by atoms with E-state index in [0.29, 0.717) is 30.6 Å². The minimum absolute atomic E-state index is 0.00702. The fourth-order valence-electron chi connectivity index (χ4n) is 3.04. The normalized spacial score (nSPS) is 13.5. The number of thioether (sulfide) groups is 1. The summed E-state index contributed by atoms with van der Waals surface area (Å²) in [4.78, 5) is 40.7. The van der Waals surface area contributed by atoms with Crippen LogP contribution in [0.1, 0.15) is 35.5 Å². The molecule has 2 heterocycles. The van der Waals surface area contributed by atoms with E-state index in [0.717, 1.165) is 17.5 Å². The molecule has 0 unspecified atom stereocenters. The predicted molar refractivity (Wildman–Crippen MR) is 114 cm³/mol. The number of fused-ring (bicyclic) bond motifs is 1. The van der Waals surface area contributed by atoms with E-state index in [1.807, 2.05) is 0 Å². The Morgan fingerprint density at radius 3 is 2.67 bits per heavy atom. The molecule has 10 heteroatoms. The van der Waals surface area contributed by atoms with E-state index in [-0.39, 0.29) is 33.1 Å². The Hall–Kier alpha value is -2.72. The van der Waals surface area contributed by atoms with Gasteiger partial charge in [-0.3, -0.25) is 24.1 Å². The van der Waals surface area contributed by atoms with Crippen molar-refractivity contribution in [2.24, 2.45) is 0 Å². The van der Waals surface area contributed by atoms with Gasteiger partial charge < -0.3 is 4.90 Å². The Morgan fingerprint density at radius 2 is 1.97 bits per heavy atom. The topological polar surface area (TPSA) is 114 Å². The first-order valence-corrected chi connectivity index (χ1v) is 11.7. The van der Waals surface area contributed by atoms with Gasteiger partial charge >= 0.3 is 0 Å². The fraction of sp³-hybridized carbons (Fsp3) is 0.300. The lowest BCUT2D eigenvalue weighted by Crippen LogP contribution is -2.34. The van der Waals surface area contributed by atoms with Gasteiger partial charge in [0.25, 0.3) is 10.0 Å². The second-order valence-corrected chi connectivity index (χ2v) is 9.69. The van der Waals surface area contributed by atoms with Crippen LogP contribution < -0.4 is 4.72 Å². The summed E-state index contributed by atoms with van der Waals surface area (Å²) in [5, 5.41) is -0.163. The zero-order valence-electron chi connectivity index (χ0n) is 16.5. The first kappa shape index (κ1) is 22.0. The van der Waals surface area contributed by atoms with Crippen LogP contribution in [-0.2, 0) is 32.6 Å². The summed E-state index contributed by atoms with van der Waals surface area (Å²) in [6.45, 7) is 3.73. The number of aromatic nitrogens is 1. The van der Waals surface area contributed by atoms with E-state index in [2.05, 4.69) is 9.71 Å². The van der Waals surface area contributed by atoms with Gasteiger partial charge in [-0.2, -0.15) is 0 Å². The molecule has 1 aliphatic rings. The Balaban J connectivity index is 1.80. The molecule has 0 saturated heterocycles. The van der Waals surface area contributed by atoms with Crippen LogP contribution in [0.2, 0.25) is 0 Å². The first-order valence-electron chi connectivity index (χ1n) is 9.18. The molecule has 0 aliphatic carbocycles. The van der Waals surface area contributed by atoms with Crippen molar-refractivity contribution >= 4 is 44.3 Å². The van der Waals surface area contributed by atoms with Gasteiger partial charge in [-0.15, -0.1) is 0 Å². The van der Waals surface area contributed by atoms with Crippen molar-refractivity contribution in [2.45, 2.75) is 31.7 Å². The second-order valence-electron chi connectivity index (χ2n) is 6.86. The lowest BCUT2D eigenvalue weighted by molar-refractivity contribution is -0.129. The van der Waals surface area contributed by atoms with Gasteiger partial charge in [0, 0.05) is 56.5 Å². The number of pyridine rings is 1. The van der Waals surface area contributed by atoms with E-state index in [1.54, 1.807) is 17.0 Å². The number of anilines is 1. The molecule has 3 rings (SSSR count). The summed E-state index contributed by atoms with van der Waals surface area (Å²) >= 11 is 0.902. The molecule has 0 fully saturated rings. The standard InChI is InChI=1S/C20H21N3O5S2/c1-13(24)23-7-6-19-16(11-23)9-18(10-21-19)30(27,28)22-17-5-3-4-15(8-17)20(26)12-29-14(2)25/h3-5,8-10,22H,6-7,11-12H2,1-2H3. The highest BCUT2D eigenvalue weighted by Gasteiger charge is 2.23. The monoisotopic (exact) mass is 447 g/mol. The summed E-state index contributed by atoms with van der Waals surface area (Å²) in [7, 11) is -3.94. The lowest BCUT2D eigenvalue weighted by Gasteiger charge is -2.27. The van der Waals surface area contributed by atoms with Gasteiger partial charge in [-0.1, -0.05) is 23.9 Å². The molecule has 1 aromatic carbocycles. The molecule has 0 radical (unpaired) electrons. The third-order valence-electron chi connectivity index (χ3n) is 4.61. The van der Waals surface area contributed by atoms with Crippen LogP contribution in [0.3, 0.4) is 0 Å². The molecule has 2 aromatic rings. The van der Waals surface area contributed by atoms with Crippen LogP contribution in [0.5, 0.6) is 0 Å². The minimum Gasteiger partial charge on any atom is -0.338 e. The third-order valence-corrected chi connectivity index (χ3v) is 6.77. The molecule has 1 N–H and O–H groups in total. The summed E-state index contributed by atoms with van der Waals surface area (Å²) in [6.07, 6.45) is 1.87. The lowest BCUT2D eigenvalue weighted by atomic mass is 10.1. The number of benzene rings is 1. The molecule has 158 valence electrons.